The van der Waals surface area contributed by atoms with Crippen molar-refractivity contribution in [1.29, 1.82) is 0 Å². The van der Waals surface area contributed by atoms with Gasteiger partial charge in [0.15, 0.2) is 0 Å². The van der Waals surface area contributed by atoms with E-state index in [1.54, 1.807) is 0 Å². The molecular weight excluding hydrogens is 334 g/mol. The van der Waals surface area contributed by atoms with Crippen molar-refractivity contribution in [1.82, 2.24) is 5.32 Å². The Hall–Kier alpha value is -0.570. The lowest BCUT2D eigenvalue weighted by molar-refractivity contribution is -0.121. The molecule has 0 rings (SSSR count). The van der Waals surface area contributed by atoms with Crippen LogP contribution in [0.5, 0.6) is 0 Å². The molecular formula is C24H49NO2. The van der Waals surface area contributed by atoms with Gasteiger partial charge in [-0.3, -0.25) is 4.79 Å². The summed E-state index contributed by atoms with van der Waals surface area (Å²) in [5.74, 6) is 0.175. The zero-order valence-corrected chi connectivity index (χ0v) is 18.4. The number of amides is 1. The predicted octanol–water partition coefficient (Wildman–Crippen LogP) is 6.92. The quantitative estimate of drug-likeness (QED) is 0.199. The summed E-state index contributed by atoms with van der Waals surface area (Å²) in [5, 5.41) is 11.6. The van der Waals surface area contributed by atoms with E-state index in [9.17, 15) is 4.79 Å². The molecule has 0 aromatic carbocycles. The highest BCUT2D eigenvalue weighted by atomic mass is 16.2. The second-order valence-corrected chi connectivity index (χ2v) is 8.19. The molecule has 0 aromatic rings. The van der Waals surface area contributed by atoms with Crippen molar-refractivity contribution < 1.29 is 9.90 Å². The molecule has 0 aromatic heterocycles. The lowest BCUT2D eigenvalue weighted by Gasteiger charge is -2.05. The number of aliphatic hydroxyl groups excluding tert-OH is 1. The van der Waals surface area contributed by atoms with Crippen LogP contribution in [0.4, 0.5) is 0 Å². The molecule has 0 saturated heterocycles. The van der Waals surface area contributed by atoms with E-state index in [0.29, 0.717) is 13.0 Å². The van der Waals surface area contributed by atoms with E-state index in [-0.39, 0.29) is 12.5 Å². The van der Waals surface area contributed by atoms with Gasteiger partial charge >= 0.3 is 0 Å². The lowest BCUT2D eigenvalue weighted by Crippen LogP contribution is -2.24. The first-order valence-electron chi connectivity index (χ1n) is 12.2. The van der Waals surface area contributed by atoms with Crippen molar-refractivity contribution in [2.75, 3.05) is 13.2 Å². The smallest absolute Gasteiger partial charge is 0.219 e. The zero-order valence-electron chi connectivity index (χ0n) is 18.4. The van der Waals surface area contributed by atoms with Gasteiger partial charge in [-0.1, -0.05) is 110 Å². The standard InChI is InChI=1S/C24H49NO2/c1-2-3-4-5-6-7-8-9-10-11-12-13-14-15-16-17-18-21-24(27)25-22-19-20-23-26/h26H,2-23H2,1H3,(H,25,27). The maximum atomic E-state index is 11.6. The molecule has 27 heavy (non-hydrogen) atoms. The van der Waals surface area contributed by atoms with Gasteiger partial charge in [-0.05, 0) is 19.3 Å². The van der Waals surface area contributed by atoms with Gasteiger partial charge in [0.05, 0.1) is 0 Å². The summed E-state index contributed by atoms with van der Waals surface area (Å²) in [6, 6.07) is 0. The monoisotopic (exact) mass is 383 g/mol. The van der Waals surface area contributed by atoms with Gasteiger partial charge in [-0.25, -0.2) is 0 Å². The summed E-state index contributed by atoms with van der Waals surface area (Å²) in [5.41, 5.74) is 0. The normalized spacial score (nSPS) is 11.0. The van der Waals surface area contributed by atoms with Crippen LogP contribution < -0.4 is 5.32 Å². The van der Waals surface area contributed by atoms with E-state index in [0.717, 1.165) is 19.3 Å². The van der Waals surface area contributed by atoms with Crippen LogP contribution in [0, 0.1) is 0 Å². The second-order valence-electron chi connectivity index (χ2n) is 8.19. The Bertz CT molecular complexity index is 294. The molecule has 0 aliphatic rings. The molecule has 162 valence electrons. The van der Waals surface area contributed by atoms with Gasteiger partial charge in [-0.15, -0.1) is 0 Å². The van der Waals surface area contributed by atoms with Crippen molar-refractivity contribution in [3.63, 3.8) is 0 Å². The molecule has 0 spiro atoms. The van der Waals surface area contributed by atoms with Crippen LogP contribution in [0.15, 0.2) is 0 Å². The van der Waals surface area contributed by atoms with Crippen molar-refractivity contribution >= 4 is 5.91 Å². The lowest BCUT2D eigenvalue weighted by atomic mass is 10.0. The average Bonchev–Trinajstić information content (AvgIpc) is 2.67. The third kappa shape index (κ3) is 23.4. The predicted molar refractivity (Wildman–Crippen MR) is 118 cm³/mol. The largest absolute Gasteiger partial charge is 0.396 e. The SMILES string of the molecule is CCCCCCCCCCCCCCCCCCCC(=O)NCCCCO. The van der Waals surface area contributed by atoms with E-state index in [2.05, 4.69) is 12.2 Å². The molecule has 0 atom stereocenters. The van der Waals surface area contributed by atoms with Gasteiger partial charge < -0.3 is 10.4 Å². The van der Waals surface area contributed by atoms with E-state index in [1.165, 1.54) is 103 Å². The fourth-order valence-corrected chi connectivity index (χ4v) is 3.56. The van der Waals surface area contributed by atoms with E-state index >= 15 is 0 Å². The first-order chi connectivity index (χ1) is 13.3. The Morgan fingerprint density at radius 1 is 0.593 bits per heavy atom. The molecule has 2 N–H and O–H groups in total. The molecule has 0 aliphatic heterocycles. The van der Waals surface area contributed by atoms with Gasteiger partial charge in [0.2, 0.25) is 5.91 Å². The highest BCUT2D eigenvalue weighted by Crippen LogP contribution is 2.14. The van der Waals surface area contributed by atoms with Gasteiger partial charge in [0.25, 0.3) is 0 Å². The molecule has 1 amide bonds. The third-order valence-electron chi connectivity index (χ3n) is 5.41. The Morgan fingerprint density at radius 2 is 1.00 bits per heavy atom. The van der Waals surface area contributed by atoms with Crippen LogP contribution in [0.1, 0.15) is 135 Å². The highest BCUT2D eigenvalue weighted by Gasteiger charge is 2.00. The Labute approximate surface area is 170 Å². The number of hydrogen-bond donors (Lipinski definition) is 2. The minimum atomic E-state index is 0.175. The fourth-order valence-electron chi connectivity index (χ4n) is 3.56. The highest BCUT2D eigenvalue weighted by molar-refractivity contribution is 5.75. The topological polar surface area (TPSA) is 49.3 Å². The summed E-state index contributed by atoms with van der Waals surface area (Å²) in [6.45, 7) is 3.21. The van der Waals surface area contributed by atoms with Gasteiger partial charge in [0, 0.05) is 19.6 Å². The number of carbonyl (C=O) groups is 1. The maximum Gasteiger partial charge on any atom is 0.219 e. The summed E-state index contributed by atoms with van der Waals surface area (Å²) >= 11 is 0. The Morgan fingerprint density at radius 3 is 1.41 bits per heavy atom. The number of carbonyl (C=O) groups excluding carboxylic acids is 1. The van der Waals surface area contributed by atoms with Gasteiger partial charge in [0.1, 0.15) is 0 Å². The molecule has 0 saturated carbocycles. The maximum absolute atomic E-state index is 11.6. The van der Waals surface area contributed by atoms with Crippen LogP contribution in [-0.2, 0) is 4.79 Å². The fraction of sp³-hybridized carbons (Fsp3) is 0.958. The molecule has 0 bridgehead atoms. The van der Waals surface area contributed by atoms with Crippen LogP contribution >= 0.6 is 0 Å². The summed E-state index contributed by atoms with van der Waals surface area (Å²) in [6.07, 6.45) is 25.6. The Balaban J connectivity index is 3.07. The van der Waals surface area contributed by atoms with Crippen molar-refractivity contribution in [2.45, 2.75) is 135 Å². The van der Waals surface area contributed by atoms with Crippen molar-refractivity contribution in [2.24, 2.45) is 0 Å². The molecule has 3 heteroatoms. The zero-order chi connectivity index (χ0) is 19.8. The van der Waals surface area contributed by atoms with Crippen LogP contribution in [-0.4, -0.2) is 24.2 Å². The number of hydrogen-bond acceptors (Lipinski definition) is 2. The third-order valence-corrected chi connectivity index (χ3v) is 5.41. The number of unbranched alkanes of at least 4 members (excludes halogenated alkanes) is 17. The van der Waals surface area contributed by atoms with Crippen molar-refractivity contribution in [3.05, 3.63) is 0 Å². The van der Waals surface area contributed by atoms with Crippen LogP contribution in [0.3, 0.4) is 0 Å². The summed E-state index contributed by atoms with van der Waals surface area (Å²) < 4.78 is 0. The Kier molecular flexibility index (Phi) is 23.0. The average molecular weight is 384 g/mol. The minimum absolute atomic E-state index is 0.175. The molecule has 0 fully saturated rings. The van der Waals surface area contributed by atoms with E-state index in [1.807, 2.05) is 0 Å². The van der Waals surface area contributed by atoms with Crippen molar-refractivity contribution in [3.8, 4) is 0 Å². The molecule has 0 unspecified atom stereocenters. The number of aliphatic hydroxyl groups is 1. The summed E-state index contributed by atoms with van der Waals surface area (Å²) in [7, 11) is 0. The van der Waals surface area contributed by atoms with E-state index < -0.39 is 0 Å². The van der Waals surface area contributed by atoms with Crippen LogP contribution in [0.2, 0.25) is 0 Å². The molecule has 0 heterocycles. The first kappa shape index (κ1) is 26.4. The molecule has 3 nitrogen and oxygen atoms in total. The second kappa shape index (κ2) is 23.5. The van der Waals surface area contributed by atoms with Gasteiger partial charge in [-0.2, -0.15) is 0 Å². The number of nitrogens with one attached hydrogen (secondary N) is 1. The first-order valence-corrected chi connectivity index (χ1v) is 12.2. The van der Waals surface area contributed by atoms with Crippen LogP contribution in [0.25, 0.3) is 0 Å². The minimum Gasteiger partial charge on any atom is -0.396 e. The van der Waals surface area contributed by atoms with E-state index in [4.69, 9.17) is 5.11 Å². The molecule has 0 radical (unpaired) electrons. The summed E-state index contributed by atoms with van der Waals surface area (Å²) in [4.78, 5) is 11.6. The number of rotatable bonds is 22. The molecule has 0 aliphatic carbocycles.